The number of carboxylic acid groups (broad SMARTS) is 1. The van der Waals surface area contributed by atoms with Crippen LogP contribution >= 0.6 is 11.3 Å². The fourth-order valence-corrected chi connectivity index (χ4v) is 2.90. The number of carboxylic acids is 1. The van der Waals surface area contributed by atoms with Gasteiger partial charge >= 0.3 is 5.97 Å². The molecule has 0 fully saturated rings. The summed E-state index contributed by atoms with van der Waals surface area (Å²) < 4.78 is 0. The Morgan fingerprint density at radius 2 is 2.10 bits per heavy atom. The van der Waals surface area contributed by atoms with Gasteiger partial charge in [-0.2, -0.15) is 0 Å². The molecule has 6 nitrogen and oxygen atoms in total. The molecular formula is C14H20N2O4S. The van der Waals surface area contributed by atoms with Crippen molar-refractivity contribution in [3.05, 3.63) is 21.4 Å². The lowest BCUT2D eigenvalue weighted by molar-refractivity contribution is -0.139. The third-order valence-electron chi connectivity index (χ3n) is 3.05. The van der Waals surface area contributed by atoms with E-state index in [-0.39, 0.29) is 12.8 Å². The van der Waals surface area contributed by atoms with Crippen LogP contribution in [0.2, 0.25) is 0 Å². The number of nitrogens with one attached hydrogen (secondary N) is 1. The zero-order chi connectivity index (χ0) is 16.0. The standard InChI is InChI=1S/C14H20N2O4S/c1-3-4-9-7-11(21-8(9)2)13(18)16-10(14(19)20)5-6-12(15)17/h7,10H,3-6H2,1-2H3,(H2,15,17)(H,16,18)(H,19,20)/t10-/m0/s1. The molecule has 0 unspecified atom stereocenters. The molecule has 0 saturated carbocycles. The van der Waals surface area contributed by atoms with Crippen LogP contribution in [0.15, 0.2) is 6.07 Å². The van der Waals surface area contributed by atoms with Crippen molar-refractivity contribution in [2.45, 2.75) is 45.6 Å². The number of nitrogens with two attached hydrogens (primary N) is 1. The molecule has 0 aliphatic heterocycles. The number of aliphatic carboxylic acids is 1. The SMILES string of the molecule is CCCc1cc(C(=O)N[C@@H](CCC(N)=O)C(=O)O)sc1C. The number of thiophene rings is 1. The summed E-state index contributed by atoms with van der Waals surface area (Å²) in [6, 6.07) is 0.688. The van der Waals surface area contributed by atoms with Crippen LogP contribution in [-0.2, 0) is 16.0 Å². The van der Waals surface area contributed by atoms with Gasteiger partial charge < -0.3 is 16.2 Å². The third kappa shape index (κ3) is 5.18. The summed E-state index contributed by atoms with van der Waals surface area (Å²) in [7, 11) is 0. The van der Waals surface area contributed by atoms with Crippen molar-refractivity contribution in [3.63, 3.8) is 0 Å². The van der Waals surface area contributed by atoms with Gasteiger partial charge in [-0.05, 0) is 31.4 Å². The highest BCUT2D eigenvalue weighted by Crippen LogP contribution is 2.23. The van der Waals surface area contributed by atoms with Crippen molar-refractivity contribution >= 4 is 29.1 Å². The van der Waals surface area contributed by atoms with Gasteiger partial charge in [0.2, 0.25) is 5.91 Å². The summed E-state index contributed by atoms with van der Waals surface area (Å²) in [4.78, 5) is 35.5. The molecule has 1 aromatic heterocycles. The molecule has 2 amide bonds. The predicted molar refractivity (Wildman–Crippen MR) is 80.4 cm³/mol. The summed E-state index contributed by atoms with van der Waals surface area (Å²) in [5, 5.41) is 11.5. The van der Waals surface area contributed by atoms with E-state index in [1.807, 2.05) is 6.92 Å². The number of hydrogen-bond acceptors (Lipinski definition) is 4. The van der Waals surface area contributed by atoms with Gasteiger partial charge in [0, 0.05) is 11.3 Å². The topological polar surface area (TPSA) is 109 Å². The van der Waals surface area contributed by atoms with Crippen molar-refractivity contribution in [2.24, 2.45) is 5.73 Å². The van der Waals surface area contributed by atoms with Gasteiger partial charge in [-0.15, -0.1) is 11.3 Å². The predicted octanol–water partition coefficient (Wildman–Crippen LogP) is 1.46. The minimum atomic E-state index is -1.17. The molecule has 0 aliphatic rings. The van der Waals surface area contributed by atoms with Gasteiger partial charge in [0.15, 0.2) is 0 Å². The van der Waals surface area contributed by atoms with Crippen LogP contribution in [0.5, 0.6) is 0 Å². The fraction of sp³-hybridized carbons (Fsp3) is 0.500. The Labute approximate surface area is 127 Å². The Balaban J connectivity index is 2.74. The van der Waals surface area contributed by atoms with E-state index in [4.69, 9.17) is 10.8 Å². The van der Waals surface area contributed by atoms with Crippen molar-refractivity contribution in [1.82, 2.24) is 5.32 Å². The highest BCUT2D eigenvalue weighted by atomic mass is 32.1. The van der Waals surface area contributed by atoms with E-state index in [2.05, 4.69) is 12.2 Å². The molecule has 116 valence electrons. The first kappa shape index (κ1) is 17.2. The first-order valence-corrected chi connectivity index (χ1v) is 7.58. The normalized spacial score (nSPS) is 11.9. The summed E-state index contributed by atoms with van der Waals surface area (Å²) in [5.41, 5.74) is 6.10. The number of hydrogen-bond donors (Lipinski definition) is 3. The van der Waals surface area contributed by atoms with E-state index in [9.17, 15) is 14.4 Å². The quantitative estimate of drug-likeness (QED) is 0.675. The number of primary amides is 1. The molecule has 4 N–H and O–H groups in total. The van der Waals surface area contributed by atoms with Crippen LogP contribution < -0.4 is 11.1 Å². The lowest BCUT2D eigenvalue weighted by atomic mass is 10.1. The molecule has 1 heterocycles. The van der Waals surface area contributed by atoms with Gasteiger partial charge in [-0.1, -0.05) is 13.3 Å². The molecule has 0 spiro atoms. The molecule has 1 rings (SSSR count). The molecule has 0 bridgehead atoms. The van der Waals surface area contributed by atoms with Gasteiger partial charge in [-0.25, -0.2) is 4.79 Å². The lowest BCUT2D eigenvalue weighted by Crippen LogP contribution is -2.41. The maximum Gasteiger partial charge on any atom is 0.326 e. The minimum absolute atomic E-state index is 0.0113. The Bertz CT molecular complexity index is 539. The molecule has 0 radical (unpaired) electrons. The molecule has 0 aliphatic carbocycles. The Hall–Kier alpha value is -1.89. The molecule has 7 heteroatoms. The number of carbonyl (C=O) groups is 3. The average molecular weight is 312 g/mol. The summed E-state index contributed by atoms with van der Waals surface area (Å²) in [6.45, 7) is 4.00. The second-order valence-corrected chi connectivity index (χ2v) is 6.07. The van der Waals surface area contributed by atoms with Crippen molar-refractivity contribution in [2.75, 3.05) is 0 Å². The summed E-state index contributed by atoms with van der Waals surface area (Å²) in [6.07, 6.45) is 1.78. The van der Waals surface area contributed by atoms with Crippen LogP contribution in [0, 0.1) is 6.92 Å². The maximum atomic E-state index is 12.1. The molecule has 1 aromatic rings. The molecule has 0 saturated heterocycles. The number of rotatable bonds is 8. The second kappa shape index (κ2) is 7.78. The Kier molecular flexibility index (Phi) is 6.36. The first-order chi connectivity index (χ1) is 9.85. The van der Waals surface area contributed by atoms with Crippen LogP contribution in [-0.4, -0.2) is 28.9 Å². The molecular weight excluding hydrogens is 292 g/mol. The van der Waals surface area contributed by atoms with Gasteiger partial charge in [0.1, 0.15) is 6.04 Å². The van der Waals surface area contributed by atoms with E-state index in [1.54, 1.807) is 6.07 Å². The van der Waals surface area contributed by atoms with Crippen molar-refractivity contribution in [3.8, 4) is 0 Å². The van der Waals surface area contributed by atoms with E-state index in [0.717, 1.165) is 23.3 Å². The zero-order valence-electron chi connectivity index (χ0n) is 12.1. The Morgan fingerprint density at radius 3 is 2.62 bits per heavy atom. The maximum absolute atomic E-state index is 12.1. The highest BCUT2D eigenvalue weighted by Gasteiger charge is 2.22. The van der Waals surface area contributed by atoms with Crippen LogP contribution in [0.3, 0.4) is 0 Å². The second-order valence-electron chi connectivity index (χ2n) is 4.81. The van der Waals surface area contributed by atoms with Crippen molar-refractivity contribution in [1.29, 1.82) is 0 Å². The van der Waals surface area contributed by atoms with Gasteiger partial charge in [0.25, 0.3) is 5.91 Å². The summed E-state index contributed by atoms with van der Waals surface area (Å²) >= 11 is 1.34. The number of carbonyl (C=O) groups excluding carboxylic acids is 2. The number of amides is 2. The third-order valence-corrected chi connectivity index (χ3v) is 4.14. The molecule has 21 heavy (non-hydrogen) atoms. The average Bonchev–Trinajstić information content (AvgIpc) is 2.76. The molecule has 0 aromatic carbocycles. The van der Waals surface area contributed by atoms with E-state index >= 15 is 0 Å². The Morgan fingerprint density at radius 1 is 1.43 bits per heavy atom. The van der Waals surface area contributed by atoms with E-state index < -0.39 is 23.8 Å². The monoisotopic (exact) mass is 312 g/mol. The lowest BCUT2D eigenvalue weighted by Gasteiger charge is -2.12. The fourth-order valence-electron chi connectivity index (χ4n) is 1.92. The van der Waals surface area contributed by atoms with Crippen LogP contribution in [0.1, 0.15) is 46.3 Å². The van der Waals surface area contributed by atoms with Crippen LogP contribution in [0.4, 0.5) is 0 Å². The van der Waals surface area contributed by atoms with Gasteiger partial charge in [-0.3, -0.25) is 9.59 Å². The van der Waals surface area contributed by atoms with Gasteiger partial charge in [0.05, 0.1) is 4.88 Å². The van der Waals surface area contributed by atoms with E-state index in [0.29, 0.717) is 4.88 Å². The van der Waals surface area contributed by atoms with E-state index in [1.165, 1.54) is 11.3 Å². The number of aryl methyl sites for hydroxylation is 2. The van der Waals surface area contributed by atoms with Crippen LogP contribution in [0.25, 0.3) is 0 Å². The first-order valence-electron chi connectivity index (χ1n) is 6.76. The van der Waals surface area contributed by atoms with Crippen molar-refractivity contribution < 1.29 is 19.5 Å². The smallest absolute Gasteiger partial charge is 0.326 e. The zero-order valence-corrected chi connectivity index (χ0v) is 13.0. The molecule has 1 atom stereocenters. The minimum Gasteiger partial charge on any atom is -0.480 e. The largest absolute Gasteiger partial charge is 0.480 e. The summed E-state index contributed by atoms with van der Waals surface area (Å²) in [5.74, 6) is -2.19. The highest BCUT2D eigenvalue weighted by molar-refractivity contribution is 7.14.